The largest absolute Gasteiger partial charge is 0.457 e. The maximum absolute atomic E-state index is 6.98. The molecule has 274 valence electrons. The van der Waals surface area contributed by atoms with E-state index in [-0.39, 0.29) is 11.8 Å². The molecule has 12 rings (SSSR count). The lowest BCUT2D eigenvalue weighted by Crippen LogP contribution is -2.32. The van der Waals surface area contributed by atoms with Crippen molar-refractivity contribution in [1.82, 2.24) is 19.5 Å². The van der Waals surface area contributed by atoms with E-state index in [2.05, 4.69) is 194 Å². The van der Waals surface area contributed by atoms with Crippen LogP contribution in [0.4, 0.5) is 0 Å². The molecule has 0 fully saturated rings. The Bertz CT molecular complexity index is 3130. The zero-order valence-corrected chi connectivity index (χ0v) is 31.7. The van der Waals surface area contributed by atoms with E-state index < -0.39 is 5.41 Å². The molecule has 3 aliphatic rings. The molecule has 2 aromatic heterocycles. The smallest absolute Gasteiger partial charge is 0.238 e. The molecule has 0 saturated carbocycles. The van der Waals surface area contributed by atoms with Gasteiger partial charge in [-0.25, -0.2) is 4.98 Å². The van der Waals surface area contributed by atoms with Crippen LogP contribution in [0.2, 0.25) is 0 Å². The minimum atomic E-state index is -0.564. The second-order valence-electron chi connectivity index (χ2n) is 15.6. The quantitative estimate of drug-likeness (QED) is 0.180. The summed E-state index contributed by atoms with van der Waals surface area (Å²) >= 11 is 0. The third-order valence-electron chi connectivity index (χ3n) is 12.4. The van der Waals surface area contributed by atoms with Crippen molar-refractivity contribution < 1.29 is 4.74 Å². The van der Waals surface area contributed by atoms with Crippen LogP contribution in [-0.4, -0.2) is 19.5 Å². The van der Waals surface area contributed by atoms with Gasteiger partial charge in [0.2, 0.25) is 5.95 Å². The fraction of sp³-hybridized carbons (Fsp3) is 0.0755. The Morgan fingerprint density at radius 2 is 1.14 bits per heavy atom. The van der Waals surface area contributed by atoms with E-state index in [0.29, 0.717) is 11.8 Å². The van der Waals surface area contributed by atoms with Crippen LogP contribution in [0, 0.1) is 5.92 Å². The van der Waals surface area contributed by atoms with Crippen molar-refractivity contribution in [2.24, 2.45) is 5.92 Å². The van der Waals surface area contributed by atoms with E-state index in [1.807, 2.05) is 6.07 Å². The summed E-state index contributed by atoms with van der Waals surface area (Å²) in [5.41, 5.74) is 12.0. The Morgan fingerprint density at radius 1 is 0.500 bits per heavy atom. The van der Waals surface area contributed by atoms with Crippen LogP contribution < -0.4 is 4.74 Å². The van der Waals surface area contributed by atoms with Gasteiger partial charge in [0, 0.05) is 39.4 Å². The van der Waals surface area contributed by atoms with Crippen molar-refractivity contribution in [3.63, 3.8) is 0 Å². The first-order valence-corrected chi connectivity index (χ1v) is 20.0. The number of rotatable bonds is 4. The normalized spacial score (nSPS) is 16.8. The molecule has 0 bridgehead atoms. The van der Waals surface area contributed by atoms with Gasteiger partial charge < -0.3 is 4.74 Å². The standard InChI is InChI=1S/C53H36N4O/c1-33-15-5-6-18-37(33)51-54-50(36-29-27-35(28-30-36)34-16-3-2-4-17-34)55-52(56-51)57-46-25-13-9-21-40(46)41-31-45-49(32-47(41)57)58-48-26-14-12-24-44(48)53(45)42-22-10-7-19-38(42)39-20-8-11-23-43(39)53/h2-33,37H,1H3. The molecule has 1 aliphatic heterocycles. The number of ether oxygens (including phenoxy) is 1. The third kappa shape index (κ3) is 4.67. The molecule has 5 heteroatoms. The van der Waals surface area contributed by atoms with Gasteiger partial charge >= 0.3 is 0 Å². The topological polar surface area (TPSA) is 52.8 Å². The maximum atomic E-state index is 6.98. The van der Waals surface area contributed by atoms with Crippen molar-refractivity contribution >= 4 is 21.8 Å². The summed E-state index contributed by atoms with van der Waals surface area (Å²) < 4.78 is 9.19. The molecule has 0 amide bonds. The van der Waals surface area contributed by atoms with Gasteiger partial charge in [-0.3, -0.25) is 4.57 Å². The Labute approximate surface area is 336 Å². The van der Waals surface area contributed by atoms with Gasteiger partial charge in [-0.05, 0) is 57.5 Å². The van der Waals surface area contributed by atoms with E-state index in [1.165, 1.54) is 27.8 Å². The summed E-state index contributed by atoms with van der Waals surface area (Å²) in [6, 6.07) is 58.4. The van der Waals surface area contributed by atoms with Crippen molar-refractivity contribution in [3.8, 4) is 51.1 Å². The molecule has 5 nitrogen and oxygen atoms in total. The van der Waals surface area contributed by atoms with E-state index in [0.717, 1.165) is 61.4 Å². The lowest BCUT2D eigenvalue weighted by Gasteiger charge is -2.39. The fourth-order valence-electron chi connectivity index (χ4n) is 9.77. The Balaban J connectivity index is 1.12. The lowest BCUT2D eigenvalue weighted by molar-refractivity contribution is 0.437. The van der Waals surface area contributed by atoms with Gasteiger partial charge in [0.05, 0.1) is 16.4 Å². The number of nitrogens with zero attached hydrogens (tertiary/aromatic N) is 4. The molecule has 2 unspecified atom stereocenters. The van der Waals surface area contributed by atoms with Gasteiger partial charge in [-0.15, -0.1) is 0 Å². The number of fused-ring (bicyclic) bond motifs is 12. The van der Waals surface area contributed by atoms with Crippen LogP contribution >= 0.6 is 0 Å². The molecular formula is C53H36N4O. The molecule has 9 aromatic rings. The Hall–Kier alpha value is -7.37. The zero-order chi connectivity index (χ0) is 38.4. The van der Waals surface area contributed by atoms with E-state index in [1.54, 1.807) is 0 Å². The van der Waals surface area contributed by atoms with Gasteiger partial charge in [0.1, 0.15) is 17.3 Å². The summed E-state index contributed by atoms with van der Waals surface area (Å²) in [6.07, 6.45) is 8.63. The minimum Gasteiger partial charge on any atom is -0.457 e. The molecule has 0 radical (unpaired) electrons. The maximum Gasteiger partial charge on any atom is 0.238 e. The average molecular weight is 745 g/mol. The number of aromatic nitrogens is 4. The van der Waals surface area contributed by atoms with Gasteiger partial charge in [-0.2, -0.15) is 9.97 Å². The van der Waals surface area contributed by atoms with Crippen LogP contribution in [0.5, 0.6) is 11.5 Å². The molecule has 2 atom stereocenters. The number of allylic oxidation sites excluding steroid dienone is 4. The van der Waals surface area contributed by atoms with Crippen molar-refractivity contribution in [2.45, 2.75) is 18.3 Å². The number of hydrogen-bond donors (Lipinski definition) is 0. The van der Waals surface area contributed by atoms with E-state index >= 15 is 0 Å². The van der Waals surface area contributed by atoms with Crippen LogP contribution in [0.25, 0.3) is 61.4 Å². The Morgan fingerprint density at radius 3 is 1.91 bits per heavy atom. The van der Waals surface area contributed by atoms with Crippen molar-refractivity contribution in [3.05, 3.63) is 216 Å². The molecule has 58 heavy (non-hydrogen) atoms. The van der Waals surface area contributed by atoms with Crippen LogP contribution in [0.15, 0.2) is 188 Å². The van der Waals surface area contributed by atoms with E-state index in [9.17, 15) is 0 Å². The Kier molecular flexibility index (Phi) is 7.12. The number of para-hydroxylation sites is 2. The highest BCUT2D eigenvalue weighted by Gasteiger charge is 2.51. The van der Waals surface area contributed by atoms with Gasteiger partial charge in [-0.1, -0.05) is 171 Å². The minimum absolute atomic E-state index is 0.00265. The highest BCUT2D eigenvalue weighted by molar-refractivity contribution is 6.10. The summed E-state index contributed by atoms with van der Waals surface area (Å²) in [5.74, 6) is 3.86. The fourth-order valence-corrected chi connectivity index (χ4v) is 9.77. The summed E-state index contributed by atoms with van der Waals surface area (Å²) in [7, 11) is 0. The molecule has 7 aromatic carbocycles. The van der Waals surface area contributed by atoms with Crippen LogP contribution in [0.3, 0.4) is 0 Å². The van der Waals surface area contributed by atoms with Crippen molar-refractivity contribution in [1.29, 1.82) is 0 Å². The molecule has 0 saturated heterocycles. The van der Waals surface area contributed by atoms with Gasteiger partial charge in [0.25, 0.3) is 0 Å². The number of benzene rings is 7. The highest BCUT2D eigenvalue weighted by Crippen LogP contribution is 2.62. The second kappa shape index (κ2) is 12.6. The molecule has 2 aliphatic carbocycles. The lowest BCUT2D eigenvalue weighted by atomic mass is 9.66. The summed E-state index contributed by atoms with van der Waals surface area (Å²) in [4.78, 5) is 15.8. The molecule has 0 N–H and O–H groups in total. The first-order chi connectivity index (χ1) is 28.7. The SMILES string of the molecule is CC1C=CC=CC1c1nc(-c2ccc(-c3ccccc3)cc2)nc(-n2c3ccccc3c3cc4c(cc32)Oc2ccccc2C42c3ccccc3-c3ccccc32)n1. The molecular weight excluding hydrogens is 709 g/mol. The molecule has 1 spiro atoms. The zero-order valence-electron chi connectivity index (χ0n) is 31.7. The predicted octanol–water partition coefficient (Wildman–Crippen LogP) is 12.6. The average Bonchev–Trinajstić information content (AvgIpc) is 3.76. The van der Waals surface area contributed by atoms with Crippen molar-refractivity contribution in [2.75, 3.05) is 0 Å². The van der Waals surface area contributed by atoms with E-state index in [4.69, 9.17) is 19.7 Å². The van der Waals surface area contributed by atoms with Crippen LogP contribution in [0.1, 0.15) is 40.9 Å². The monoisotopic (exact) mass is 744 g/mol. The summed E-state index contributed by atoms with van der Waals surface area (Å²) in [5, 5.41) is 2.24. The van der Waals surface area contributed by atoms with Crippen LogP contribution in [-0.2, 0) is 5.41 Å². The summed E-state index contributed by atoms with van der Waals surface area (Å²) in [6.45, 7) is 2.22. The third-order valence-corrected chi connectivity index (χ3v) is 12.4. The first-order valence-electron chi connectivity index (χ1n) is 20.0. The number of hydrogen-bond acceptors (Lipinski definition) is 4. The first kappa shape index (κ1) is 32.8. The molecule has 3 heterocycles. The highest BCUT2D eigenvalue weighted by atomic mass is 16.5. The second-order valence-corrected chi connectivity index (χ2v) is 15.6. The predicted molar refractivity (Wildman–Crippen MR) is 233 cm³/mol. The van der Waals surface area contributed by atoms with Gasteiger partial charge in [0.15, 0.2) is 5.82 Å².